The fourth-order valence-corrected chi connectivity index (χ4v) is 1.58. The molecule has 4 heteroatoms. The van der Waals surface area contributed by atoms with Gasteiger partial charge in [-0.2, -0.15) is 10.4 Å². The van der Waals surface area contributed by atoms with E-state index in [0.29, 0.717) is 13.0 Å². The Labute approximate surface area is 100 Å². The molecule has 0 fully saturated rings. The van der Waals surface area contributed by atoms with E-state index in [1.165, 1.54) is 0 Å². The first kappa shape index (κ1) is 11.2. The standard InChI is InChI=1S/C13H14N4/c1-17-9-7-13(16-17)10-15-12-4-2-11(3-5-12)6-8-14/h2-5,7,9,15H,6,10H2,1H3. The van der Waals surface area contributed by atoms with Crippen LogP contribution in [0.25, 0.3) is 0 Å². The van der Waals surface area contributed by atoms with E-state index in [2.05, 4.69) is 16.5 Å². The van der Waals surface area contributed by atoms with Crippen molar-refractivity contribution in [1.82, 2.24) is 9.78 Å². The van der Waals surface area contributed by atoms with Gasteiger partial charge in [0.25, 0.3) is 0 Å². The summed E-state index contributed by atoms with van der Waals surface area (Å²) in [5.74, 6) is 0. The average Bonchev–Trinajstić information content (AvgIpc) is 2.75. The van der Waals surface area contributed by atoms with Crippen molar-refractivity contribution in [1.29, 1.82) is 5.26 Å². The smallest absolute Gasteiger partial charge is 0.0815 e. The Morgan fingerprint density at radius 2 is 2.06 bits per heavy atom. The van der Waals surface area contributed by atoms with E-state index in [9.17, 15) is 0 Å². The molecule has 0 bridgehead atoms. The van der Waals surface area contributed by atoms with Gasteiger partial charge in [0.15, 0.2) is 0 Å². The molecule has 0 saturated carbocycles. The molecule has 1 N–H and O–H groups in total. The molecule has 0 aliphatic rings. The molecule has 0 amide bonds. The monoisotopic (exact) mass is 226 g/mol. The van der Waals surface area contributed by atoms with Crippen molar-refractivity contribution >= 4 is 5.69 Å². The molecule has 0 aliphatic heterocycles. The van der Waals surface area contributed by atoms with Crippen molar-refractivity contribution in [2.24, 2.45) is 7.05 Å². The van der Waals surface area contributed by atoms with Gasteiger partial charge in [-0.15, -0.1) is 0 Å². The van der Waals surface area contributed by atoms with Gasteiger partial charge in [0.1, 0.15) is 0 Å². The maximum Gasteiger partial charge on any atom is 0.0815 e. The van der Waals surface area contributed by atoms with Crippen LogP contribution in [0.4, 0.5) is 5.69 Å². The Morgan fingerprint density at radius 3 is 2.65 bits per heavy atom. The lowest BCUT2D eigenvalue weighted by Crippen LogP contribution is -2.01. The Bertz CT molecular complexity index is 519. The van der Waals surface area contributed by atoms with Crippen LogP contribution >= 0.6 is 0 Å². The first-order valence-corrected chi connectivity index (χ1v) is 5.46. The molecule has 17 heavy (non-hydrogen) atoms. The van der Waals surface area contributed by atoms with Crippen LogP contribution in [0.2, 0.25) is 0 Å². The maximum atomic E-state index is 8.57. The fraction of sp³-hybridized carbons (Fsp3) is 0.231. The third-order valence-electron chi connectivity index (χ3n) is 2.48. The van der Waals surface area contributed by atoms with Gasteiger partial charge in [0.05, 0.1) is 24.7 Å². The van der Waals surface area contributed by atoms with E-state index in [0.717, 1.165) is 16.9 Å². The van der Waals surface area contributed by atoms with Crippen LogP contribution in [0.5, 0.6) is 0 Å². The van der Waals surface area contributed by atoms with Crippen molar-refractivity contribution in [3.63, 3.8) is 0 Å². The minimum atomic E-state index is 0.459. The van der Waals surface area contributed by atoms with E-state index < -0.39 is 0 Å². The zero-order valence-corrected chi connectivity index (χ0v) is 9.72. The molecule has 0 saturated heterocycles. The Balaban J connectivity index is 1.93. The molecule has 1 heterocycles. The number of anilines is 1. The van der Waals surface area contributed by atoms with Crippen molar-refractivity contribution in [3.8, 4) is 6.07 Å². The first-order chi connectivity index (χ1) is 8.28. The van der Waals surface area contributed by atoms with E-state index in [-0.39, 0.29) is 0 Å². The second-order valence-electron chi connectivity index (χ2n) is 3.87. The Kier molecular flexibility index (Phi) is 3.41. The van der Waals surface area contributed by atoms with Crippen LogP contribution in [0.3, 0.4) is 0 Å². The molecule has 1 aromatic heterocycles. The number of nitrogens with zero attached hydrogens (tertiary/aromatic N) is 3. The van der Waals surface area contributed by atoms with E-state index in [1.807, 2.05) is 43.6 Å². The SMILES string of the molecule is Cn1ccc(CNc2ccc(CC#N)cc2)n1. The molecular weight excluding hydrogens is 212 g/mol. The number of hydrogen-bond acceptors (Lipinski definition) is 3. The molecule has 4 nitrogen and oxygen atoms in total. The molecule has 1 aromatic carbocycles. The highest BCUT2D eigenvalue weighted by Gasteiger charge is 1.97. The molecule has 0 aliphatic carbocycles. The van der Waals surface area contributed by atoms with Gasteiger partial charge in [-0.05, 0) is 23.8 Å². The van der Waals surface area contributed by atoms with Crippen LogP contribution < -0.4 is 5.32 Å². The predicted octanol–water partition coefficient (Wildman–Crippen LogP) is 2.10. The molecule has 0 atom stereocenters. The van der Waals surface area contributed by atoms with Crippen molar-refractivity contribution in [3.05, 3.63) is 47.8 Å². The highest BCUT2D eigenvalue weighted by atomic mass is 15.3. The molecule has 0 spiro atoms. The Morgan fingerprint density at radius 1 is 1.29 bits per heavy atom. The average molecular weight is 226 g/mol. The van der Waals surface area contributed by atoms with Crippen LogP contribution in [-0.2, 0) is 20.0 Å². The van der Waals surface area contributed by atoms with Crippen molar-refractivity contribution < 1.29 is 0 Å². The molecule has 86 valence electrons. The lowest BCUT2D eigenvalue weighted by Gasteiger charge is -2.04. The highest BCUT2D eigenvalue weighted by Crippen LogP contribution is 2.10. The van der Waals surface area contributed by atoms with Crippen molar-refractivity contribution in [2.45, 2.75) is 13.0 Å². The van der Waals surface area contributed by atoms with Crippen LogP contribution in [0, 0.1) is 11.3 Å². The number of benzene rings is 1. The molecule has 0 unspecified atom stereocenters. The van der Waals surface area contributed by atoms with Crippen LogP contribution in [0.1, 0.15) is 11.3 Å². The zero-order valence-electron chi connectivity index (χ0n) is 9.72. The minimum Gasteiger partial charge on any atom is -0.379 e. The molecule has 0 radical (unpaired) electrons. The minimum absolute atomic E-state index is 0.459. The second-order valence-corrected chi connectivity index (χ2v) is 3.87. The van der Waals surface area contributed by atoms with Gasteiger partial charge in [-0.25, -0.2) is 0 Å². The molecular formula is C13H14N4. The van der Waals surface area contributed by atoms with E-state index in [4.69, 9.17) is 5.26 Å². The number of aryl methyl sites for hydroxylation is 1. The summed E-state index contributed by atoms with van der Waals surface area (Å²) in [6, 6.07) is 12.0. The lowest BCUT2D eigenvalue weighted by molar-refractivity contribution is 0.747. The topological polar surface area (TPSA) is 53.6 Å². The van der Waals surface area contributed by atoms with Gasteiger partial charge in [0, 0.05) is 18.9 Å². The van der Waals surface area contributed by atoms with Crippen molar-refractivity contribution in [2.75, 3.05) is 5.32 Å². The maximum absolute atomic E-state index is 8.57. The van der Waals surface area contributed by atoms with Gasteiger partial charge < -0.3 is 5.32 Å². The quantitative estimate of drug-likeness (QED) is 0.868. The predicted molar refractivity (Wildman–Crippen MR) is 66.3 cm³/mol. The highest BCUT2D eigenvalue weighted by molar-refractivity contribution is 5.45. The number of aromatic nitrogens is 2. The van der Waals surface area contributed by atoms with Crippen LogP contribution in [0.15, 0.2) is 36.5 Å². The summed E-state index contributed by atoms with van der Waals surface area (Å²) >= 11 is 0. The summed E-state index contributed by atoms with van der Waals surface area (Å²) in [6.45, 7) is 0.707. The summed E-state index contributed by atoms with van der Waals surface area (Å²) in [5.41, 5.74) is 3.09. The number of rotatable bonds is 4. The number of nitriles is 1. The fourth-order valence-electron chi connectivity index (χ4n) is 1.58. The summed E-state index contributed by atoms with van der Waals surface area (Å²) in [4.78, 5) is 0. The van der Waals surface area contributed by atoms with E-state index in [1.54, 1.807) is 4.68 Å². The Hall–Kier alpha value is -2.28. The summed E-state index contributed by atoms with van der Waals surface area (Å²) in [6.07, 6.45) is 2.38. The van der Waals surface area contributed by atoms with Gasteiger partial charge in [0.2, 0.25) is 0 Å². The number of nitrogens with one attached hydrogen (secondary N) is 1. The molecule has 2 aromatic rings. The summed E-state index contributed by atoms with van der Waals surface area (Å²) in [5, 5.41) is 16.1. The van der Waals surface area contributed by atoms with Gasteiger partial charge >= 0.3 is 0 Å². The van der Waals surface area contributed by atoms with E-state index >= 15 is 0 Å². The van der Waals surface area contributed by atoms with Crippen LogP contribution in [-0.4, -0.2) is 9.78 Å². The zero-order chi connectivity index (χ0) is 12.1. The normalized spacial score (nSPS) is 9.88. The number of hydrogen-bond donors (Lipinski definition) is 1. The third-order valence-corrected chi connectivity index (χ3v) is 2.48. The van der Waals surface area contributed by atoms with Gasteiger partial charge in [-0.3, -0.25) is 4.68 Å². The van der Waals surface area contributed by atoms with Gasteiger partial charge in [-0.1, -0.05) is 12.1 Å². The summed E-state index contributed by atoms with van der Waals surface area (Å²) < 4.78 is 1.78. The molecule has 2 rings (SSSR count). The largest absolute Gasteiger partial charge is 0.379 e. The summed E-state index contributed by atoms with van der Waals surface area (Å²) in [7, 11) is 1.90. The third kappa shape index (κ3) is 3.08. The second kappa shape index (κ2) is 5.17. The lowest BCUT2D eigenvalue weighted by atomic mass is 10.1. The first-order valence-electron chi connectivity index (χ1n) is 5.46.